The molecule has 0 N–H and O–H groups in total. The Balaban J connectivity index is 2.61. The summed E-state index contributed by atoms with van der Waals surface area (Å²) in [5, 5.41) is 0.567. The second kappa shape index (κ2) is 5.75. The molecule has 3 nitrogen and oxygen atoms in total. The molecule has 6 heteroatoms. The largest absolute Gasteiger partial charge is 0.462 e. The summed E-state index contributed by atoms with van der Waals surface area (Å²) in [6, 6.07) is 2.90. The van der Waals surface area contributed by atoms with Gasteiger partial charge < -0.3 is 4.74 Å². The number of nitrogens with zero attached hydrogens (tertiary/aromatic N) is 1. The summed E-state index contributed by atoms with van der Waals surface area (Å²) >= 11 is 7.41. The zero-order valence-electron chi connectivity index (χ0n) is 10.4. The van der Waals surface area contributed by atoms with Crippen LogP contribution in [0.1, 0.15) is 17.3 Å². The Hall–Kier alpha value is -1.33. The van der Waals surface area contributed by atoms with Crippen molar-refractivity contribution in [1.82, 2.24) is 4.98 Å². The van der Waals surface area contributed by atoms with E-state index in [-0.39, 0.29) is 23.0 Å². The molecule has 0 aliphatic heterocycles. The molecule has 1 aromatic heterocycles. The number of ether oxygens (including phenoxy) is 1. The van der Waals surface area contributed by atoms with Crippen LogP contribution in [0.4, 0.5) is 4.39 Å². The smallest absolute Gasteiger partial charge is 0.341 e. The van der Waals surface area contributed by atoms with Crippen LogP contribution in [0, 0.1) is 5.82 Å². The van der Waals surface area contributed by atoms with Gasteiger partial charge in [0.1, 0.15) is 5.82 Å². The first kappa shape index (κ1) is 14.1. The van der Waals surface area contributed by atoms with E-state index >= 15 is 0 Å². The third-order valence-corrected chi connectivity index (χ3v) is 3.73. The minimum atomic E-state index is -0.559. The molecule has 0 saturated carbocycles. The molecular formula is C13H11ClFNO2S. The quantitative estimate of drug-likeness (QED) is 0.636. The number of rotatable bonds is 3. The van der Waals surface area contributed by atoms with E-state index in [9.17, 15) is 9.18 Å². The first-order chi connectivity index (χ1) is 9.08. The molecule has 0 unspecified atom stereocenters. The van der Waals surface area contributed by atoms with Crippen LogP contribution >= 0.6 is 23.4 Å². The molecule has 0 fully saturated rings. The van der Waals surface area contributed by atoms with Crippen molar-refractivity contribution >= 4 is 40.2 Å². The van der Waals surface area contributed by atoms with E-state index in [4.69, 9.17) is 16.3 Å². The van der Waals surface area contributed by atoms with Gasteiger partial charge in [-0.1, -0.05) is 11.6 Å². The van der Waals surface area contributed by atoms with Crippen LogP contribution in [0.15, 0.2) is 23.2 Å². The molecule has 0 aliphatic rings. The average molecular weight is 300 g/mol. The van der Waals surface area contributed by atoms with Crippen LogP contribution in [0.25, 0.3) is 10.9 Å². The van der Waals surface area contributed by atoms with Gasteiger partial charge in [0.05, 0.1) is 22.7 Å². The predicted molar refractivity (Wildman–Crippen MR) is 74.4 cm³/mol. The van der Waals surface area contributed by atoms with Crippen LogP contribution < -0.4 is 0 Å². The predicted octanol–water partition coefficient (Wildman–Crippen LogP) is 3.93. The topological polar surface area (TPSA) is 39.2 Å². The molecular weight excluding hydrogens is 289 g/mol. The lowest BCUT2D eigenvalue weighted by molar-refractivity contribution is 0.0526. The third kappa shape index (κ3) is 2.67. The van der Waals surface area contributed by atoms with E-state index in [0.29, 0.717) is 15.8 Å². The molecule has 19 heavy (non-hydrogen) atoms. The van der Waals surface area contributed by atoms with Crippen molar-refractivity contribution in [3.05, 3.63) is 34.7 Å². The highest BCUT2D eigenvalue weighted by atomic mass is 35.5. The third-order valence-electron chi connectivity index (χ3n) is 2.57. The molecule has 0 spiro atoms. The summed E-state index contributed by atoms with van der Waals surface area (Å²) in [5.74, 6) is -0.944. The summed E-state index contributed by atoms with van der Waals surface area (Å²) in [6.45, 7) is 1.94. The standard InChI is InChI=1S/C13H11ClFNO2S/c1-3-18-13(17)8-6-16-10-5-11(19-2)9(15)4-7(10)12(8)14/h4-6H,3H2,1-2H3. The second-order valence-electron chi connectivity index (χ2n) is 3.71. The highest BCUT2D eigenvalue weighted by Gasteiger charge is 2.16. The van der Waals surface area contributed by atoms with E-state index in [1.54, 1.807) is 19.2 Å². The maximum atomic E-state index is 13.8. The van der Waals surface area contributed by atoms with Crippen LogP contribution in [0.2, 0.25) is 5.02 Å². The van der Waals surface area contributed by atoms with Gasteiger partial charge in [-0.2, -0.15) is 0 Å². The van der Waals surface area contributed by atoms with Gasteiger partial charge in [-0.05, 0) is 25.3 Å². The normalized spacial score (nSPS) is 10.7. The van der Waals surface area contributed by atoms with Crippen LogP contribution in [-0.4, -0.2) is 23.8 Å². The molecule has 0 atom stereocenters. The minimum absolute atomic E-state index is 0.146. The summed E-state index contributed by atoms with van der Waals surface area (Å²) in [7, 11) is 0. The maximum absolute atomic E-state index is 13.8. The van der Waals surface area contributed by atoms with Crippen molar-refractivity contribution in [2.75, 3.05) is 12.9 Å². The van der Waals surface area contributed by atoms with E-state index in [1.807, 2.05) is 0 Å². The number of pyridine rings is 1. The lowest BCUT2D eigenvalue weighted by Crippen LogP contribution is -2.06. The number of benzene rings is 1. The molecule has 1 heterocycles. The second-order valence-corrected chi connectivity index (χ2v) is 4.94. The molecule has 0 saturated heterocycles. The van der Waals surface area contributed by atoms with E-state index in [0.717, 1.165) is 0 Å². The van der Waals surface area contributed by atoms with Gasteiger partial charge in [-0.3, -0.25) is 4.98 Å². The molecule has 2 rings (SSSR count). The van der Waals surface area contributed by atoms with Crippen molar-refractivity contribution in [2.24, 2.45) is 0 Å². The average Bonchev–Trinajstić information content (AvgIpc) is 2.39. The Labute approximate surface area is 119 Å². The number of halogens is 2. The van der Waals surface area contributed by atoms with E-state index < -0.39 is 5.97 Å². The maximum Gasteiger partial charge on any atom is 0.341 e. The monoisotopic (exact) mass is 299 g/mol. The molecule has 2 aromatic rings. The van der Waals surface area contributed by atoms with Crippen molar-refractivity contribution in [3.63, 3.8) is 0 Å². The first-order valence-electron chi connectivity index (χ1n) is 5.57. The lowest BCUT2D eigenvalue weighted by Gasteiger charge is -2.08. The highest BCUT2D eigenvalue weighted by Crippen LogP contribution is 2.31. The molecule has 1 aromatic carbocycles. The summed E-state index contributed by atoms with van der Waals surface area (Å²) in [6.07, 6.45) is 3.13. The fraction of sp³-hybridized carbons (Fsp3) is 0.231. The summed E-state index contributed by atoms with van der Waals surface area (Å²) in [5.41, 5.74) is 0.691. The number of esters is 1. The van der Waals surface area contributed by atoms with Gasteiger partial charge in [-0.15, -0.1) is 11.8 Å². The Morgan fingerprint density at radius 2 is 2.26 bits per heavy atom. The number of fused-ring (bicyclic) bond motifs is 1. The molecule has 100 valence electrons. The zero-order valence-corrected chi connectivity index (χ0v) is 11.9. The Morgan fingerprint density at radius 3 is 2.89 bits per heavy atom. The zero-order chi connectivity index (χ0) is 14.0. The number of carbonyl (C=O) groups is 1. The van der Waals surface area contributed by atoms with Gasteiger partial charge in [-0.25, -0.2) is 9.18 Å². The van der Waals surface area contributed by atoms with Gasteiger partial charge in [0, 0.05) is 16.5 Å². The summed E-state index contributed by atoms with van der Waals surface area (Å²) < 4.78 is 18.6. The van der Waals surface area contributed by atoms with Gasteiger partial charge in [0.25, 0.3) is 0 Å². The van der Waals surface area contributed by atoms with Crippen LogP contribution in [0.5, 0.6) is 0 Å². The van der Waals surface area contributed by atoms with Crippen molar-refractivity contribution in [1.29, 1.82) is 0 Å². The Kier molecular flexibility index (Phi) is 4.27. The number of carbonyl (C=O) groups excluding carboxylic acids is 1. The number of hydrogen-bond donors (Lipinski definition) is 0. The Bertz CT molecular complexity index is 648. The number of aromatic nitrogens is 1. The number of thioether (sulfide) groups is 1. The number of hydrogen-bond acceptors (Lipinski definition) is 4. The molecule has 0 aliphatic carbocycles. The van der Waals surface area contributed by atoms with E-state index in [1.165, 1.54) is 24.0 Å². The van der Waals surface area contributed by atoms with Crippen molar-refractivity contribution < 1.29 is 13.9 Å². The fourth-order valence-corrected chi connectivity index (χ4v) is 2.43. The highest BCUT2D eigenvalue weighted by molar-refractivity contribution is 7.98. The van der Waals surface area contributed by atoms with Gasteiger partial charge >= 0.3 is 5.97 Å². The Morgan fingerprint density at radius 1 is 1.53 bits per heavy atom. The van der Waals surface area contributed by atoms with Crippen molar-refractivity contribution in [3.8, 4) is 0 Å². The van der Waals surface area contributed by atoms with Crippen LogP contribution in [0.3, 0.4) is 0 Å². The van der Waals surface area contributed by atoms with Crippen LogP contribution in [-0.2, 0) is 4.74 Å². The molecule has 0 amide bonds. The first-order valence-corrected chi connectivity index (χ1v) is 7.17. The van der Waals surface area contributed by atoms with Gasteiger partial charge in [0.15, 0.2) is 0 Å². The lowest BCUT2D eigenvalue weighted by atomic mass is 10.1. The SMILES string of the molecule is CCOC(=O)c1cnc2cc(SC)c(F)cc2c1Cl. The van der Waals surface area contributed by atoms with E-state index in [2.05, 4.69) is 4.98 Å². The van der Waals surface area contributed by atoms with Crippen molar-refractivity contribution in [2.45, 2.75) is 11.8 Å². The summed E-state index contributed by atoms with van der Waals surface area (Å²) in [4.78, 5) is 16.3. The molecule has 0 radical (unpaired) electrons. The van der Waals surface area contributed by atoms with Gasteiger partial charge in [0.2, 0.25) is 0 Å². The molecule has 0 bridgehead atoms. The minimum Gasteiger partial charge on any atom is -0.462 e. The fourth-order valence-electron chi connectivity index (χ4n) is 1.67.